The van der Waals surface area contributed by atoms with Crippen LogP contribution in [0.5, 0.6) is 0 Å². The van der Waals surface area contributed by atoms with E-state index < -0.39 is 0 Å². The zero-order chi connectivity index (χ0) is 12.8. The van der Waals surface area contributed by atoms with E-state index in [1.807, 2.05) is 35.2 Å². The van der Waals surface area contributed by atoms with Crippen LogP contribution >= 0.6 is 12.4 Å². The van der Waals surface area contributed by atoms with Crippen LogP contribution in [0.15, 0.2) is 30.3 Å². The second kappa shape index (κ2) is 8.02. The Labute approximate surface area is 120 Å². The quantitative estimate of drug-likeness (QED) is 0.921. The number of rotatable bonds is 4. The minimum absolute atomic E-state index is 0. The normalized spacial score (nSPS) is 15.7. The van der Waals surface area contributed by atoms with Gasteiger partial charge in [0.25, 0.3) is 0 Å². The molecule has 1 heterocycles. The Bertz CT molecular complexity index is 378. The van der Waals surface area contributed by atoms with Crippen LogP contribution in [0.3, 0.4) is 0 Å². The number of anilines is 1. The number of halogens is 1. The monoisotopic (exact) mass is 284 g/mol. The Morgan fingerprint density at radius 3 is 2.53 bits per heavy atom. The number of piperidine rings is 1. The maximum Gasteiger partial charge on any atom is 0.241 e. The van der Waals surface area contributed by atoms with E-state index in [1.165, 1.54) is 0 Å². The van der Waals surface area contributed by atoms with Gasteiger partial charge in [-0.1, -0.05) is 18.2 Å². The van der Waals surface area contributed by atoms with E-state index in [0.717, 1.165) is 31.6 Å². The molecule has 1 fully saturated rings. The Morgan fingerprint density at radius 1 is 1.32 bits per heavy atom. The summed E-state index contributed by atoms with van der Waals surface area (Å²) in [5.41, 5.74) is 0.984. The Kier molecular flexibility index (Phi) is 6.67. The van der Waals surface area contributed by atoms with E-state index in [-0.39, 0.29) is 18.3 Å². The van der Waals surface area contributed by atoms with Crippen LogP contribution in [-0.4, -0.2) is 43.7 Å². The molecule has 1 aromatic carbocycles. The van der Waals surface area contributed by atoms with Crippen molar-refractivity contribution in [1.29, 1.82) is 0 Å². The number of likely N-dealkylation sites (tertiary alicyclic amines) is 1. The number of methoxy groups -OCH3 is 1. The molecule has 19 heavy (non-hydrogen) atoms. The van der Waals surface area contributed by atoms with Crippen LogP contribution in [0.4, 0.5) is 5.69 Å². The molecule has 2 rings (SSSR count). The molecule has 1 amide bonds. The van der Waals surface area contributed by atoms with E-state index in [2.05, 4.69) is 5.32 Å². The molecule has 0 saturated carbocycles. The first-order chi connectivity index (χ1) is 8.79. The van der Waals surface area contributed by atoms with Crippen LogP contribution in [0.2, 0.25) is 0 Å². The SMILES string of the molecule is COC1CCN(C(=O)CNc2ccccc2)CC1.Cl. The van der Waals surface area contributed by atoms with Crippen molar-refractivity contribution in [3.05, 3.63) is 30.3 Å². The molecular formula is C14H21ClN2O2. The second-order valence-corrected chi connectivity index (χ2v) is 4.54. The second-order valence-electron chi connectivity index (χ2n) is 4.54. The number of carbonyl (C=O) groups is 1. The van der Waals surface area contributed by atoms with Gasteiger partial charge in [-0.15, -0.1) is 12.4 Å². The summed E-state index contributed by atoms with van der Waals surface area (Å²) in [5, 5.41) is 3.14. The Balaban J connectivity index is 0.00000180. The van der Waals surface area contributed by atoms with Gasteiger partial charge in [0.05, 0.1) is 12.6 Å². The number of benzene rings is 1. The van der Waals surface area contributed by atoms with Crippen LogP contribution in [0.1, 0.15) is 12.8 Å². The fourth-order valence-corrected chi connectivity index (χ4v) is 2.19. The highest BCUT2D eigenvalue weighted by molar-refractivity contribution is 5.85. The van der Waals surface area contributed by atoms with Crippen molar-refractivity contribution >= 4 is 24.0 Å². The highest BCUT2D eigenvalue weighted by Crippen LogP contribution is 2.13. The molecule has 1 saturated heterocycles. The molecule has 1 aliphatic rings. The van der Waals surface area contributed by atoms with Gasteiger partial charge in [-0.3, -0.25) is 4.79 Å². The summed E-state index contributed by atoms with van der Waals surface area (Å²) in [6, 6.07) is 9.80. The van der Waals surface area contributed by atoms with Gasteiger partial charge in [0.15, 0.2) is 0 Å². The lowest BCUT2D eigenvalue weighted by atomic mass is 10.1. The molecule has 0 aromatic heterocycles. The van der Waals surface area contributed by atoms with Crippen molar-refractivity contribution in [2.75, 3.05) is 32.1 Å². The van der Waals surface area contributed by atoms with Crippen molar-refractivity contribution in [2.45, 2.75) is 18.9 Å². The van der Waals surface area contributed by atoms with E-state index in [0.29, 0.717) is 12.6 Å². The molecule has 5 heteroatoms. The van der Waals surface area contributed by atoms with Crippen molar-refractivity contribution in [3.63, 3.8) is 0 Å². The van der Waals surface area contributed by atoms with Crippen LogP contribution in [0.25, 0.3) is 0 Å². The van der Waals surface area contributed by atoms with Crippen molar-refractivity contribution in [3.8, 4) is 0 Å². The molecule has 4 nitrogen and oxygen atoms in total. The molecule has 1 aromatic rings. The number of nitrogens with one attached hydrogen (secondary N) is 1. The fourth-order valence-electron chi connectivity index (χ4n) is 2.19. The number of hydrogen-bond donors (Lipinski definition) is 1. The fraction of sp³-hybridized carbons (Fsp3) is 0.500. The highest BCUT2D eigenvalue weighted by atomic mass is 35.5. The molecule has 1 N–H and O–H groups in total. The number of para-hydroxylation sites is 1. The van der Waals surface area contributed by atoms with Crippen LogP contribution in [0, 0.1) is 0 Å². The smallest absolute Gasteiger partial charge is 0.241 e. The summed E-state index contributed by atoms with van der Waals surface area (Å²) < 4.78 is 5.29. The minimum Gasteiger partial charge on any atom is -0.381 e. The lowest BCUT2D eigenvalue weighted by molar-refractivity contribution is -0.131. The Hall–Kier alpha value is -1.26. The molecule has 0 aliphatic carbocycles. The van der Waals surface area contributed by atoms with Crippen molar-refractivity contribution in [2.24, 2.45) is 0 Å². The lowest BCUT2D eigenvalue weighted by Gasteiger charge is -2.31. The van der Waals surface area contributed by atoms with Gasteiger partial charge in [-0.25, -0.2) is 0 Å². The maximum absolute atomic E-state index is 12.0. The predicted octanol–water partition coefficient (Wildman–Crippen LogP) is 2.16. The first kappa shape index (κ1) is 15.8. The molecule has 106 valence electrons. The average Bonchev–Trinajstić information content (AvgIpc) is 2.46. The third kappa shape index (κ3) is 4.73. The van der Waals surface area contributed by atoms with Gasteiger partial charge >= 0.3 is 0 Å². The third-order valence-corrected chi connectivity index (χ3v) is 3.35. The molecular weight excluding hydrogens is 264 g/mol. The van der Waals surface area contributed by atoms with Crippen molar-refractivity contribution < 1.29 is 9.53 Å². The number of ether oxygens (including phenoxy) is 1. The van der Waals surface area contributed by atoms with E-state index in [9.17, 15) is 4.79 Å². The van der Waals surface area contributed by atoms with Crippen LogP contribution < -0.4 is 5.32 Å². The number of amides is 1. The number of hydrogen-bond acceptors (Lipinski definition) is 3. The largest absolute Gasteiger partial charge is 0.381 e. The standard InChI is InChI=1S/C14H20N2O2.ClH/c1-18-13-7-9-16(10-8-13)14(17)11-15-12-5-3-2-4-6-12;/h2-6,13,15H,7-11H2,1H3;1H. The zero-order valence-electron chi connectivity index (χ0n) is 11.2. The number of nitrogens with zero attached hydrogens (tertiary/aromatic N) is 1. The van der Waals surface area contributed by atoms with Gasteiger partial charge in [0.2, 0.25) is 5.91 Å². The summed E-state index contributed by atoms with van der Waals surface area (Å²) in [5.74, 6) is 0.161. The molecule has 0 bridgehead atoms. The molecule has 0 radical (unpaired) electrons. The van der Waals surface area contributed by atoms with E-state index >= 15 is 0 Å². The van der Waals surface area contributed by atoms with E-state index in [4.69, 9.17) is 4.74 Å². The number of carbonyl (C=O) groups excluding carboxylic acids is 1. The van der Waals surface area contributed by atoms with Gasteiger partial charge < -0.3 is 15.0 Å². The summed E-state index contributed by atoms with van der Waals surface area (Å²) in [4.78, 5) is 13.9. The summed E-state index contributed by atoms with van der Waals surface area (Å²) in [7, 11) is 1.74. The topological polar surface area (TPSA) is 41.6 Å². The van der Waals surface area contributed by atoms with Gasteiger partial charge in [-0.05, 0) is 25.0 Å². The van der Waals surface area contributed by atoms with Gasteiger partial charge in [0, 0.05) is 25.9 Å². The average molecular weight is 285 g/mol. The summed E-state index contributed by atoms with van der Waals surface area (Å²) in [6.45, 7) is 1.96. The molecule has 0 spiro atoms. The van der Waals surface area contributed by atoms with Crippen LogP contribution in [-0.2, 0) is 9.53 Å². The zero-order valence-corrected chi connectivity index (χ0v) is 12.0. The predicted molar refractivity (Wildman–Crippen MR) is 78.8 cm³/mol. The first-order valence-corrected chi connectivity index (χ1v) is 6.39. The Morgan fingerprint density at radius 2 is 1.95 bits per heavy atom. The third-order valence-electron chi connectivity index (χ3n) is 3.35. The maximum atomic E-state index is 12.0. The van der Waals surface area contributed by atoms with Gasteiger partial charge in [0.1, 0.15) is 0 Å². The molecule has 1 aliphatic heterocycles. The molecule has 0 atom stereocenters. The summed E-state index contributed by atoms with van der Waals surface area (Å²) in [6.07, 6.45) is 2.19. The van der Waals surface area contributed by atoms with Crippen molar-refractivity contribution in [1.82, 2.24) is 4.90 Å². The summed E-state index contributed by atoms with van der Waals surface area (Å²) >= 11 is 0. The molecule has 0 unspecified atom stereocenters. The highest BCUT2D eigenvalue weighted by Gasteiger charge is 2.21. The van der Waals surface area contributed by atoms with Gasteiger partial charge in [-0.2, -0.15) is 0 Å². The first-order valence-electron chi connectivity index (χ1n) is 6.39. The lowest BCUT2D eigenvalue weighted by Crippen LogP contribution is -2.43. The van der Waals surface area contributed by atoms with E-state index in [1.54, 1.807) is 7.11 Å². The minimum atomic E-state index is 0.